The molecule has 2 heterocycles. The van der Waals surface area contributed by atoms with Gasteiger partial charge >= 0.3 is 0 Å². The van der Waals surface area contributed by atoms with Crippen LogP contribution in [0.25, 0.3) is 0 Å². The maximum atomic E-state index is 4.37. The van der Waals surface area contributed by atoms with Crippen LogP contribution in [-0.4, -0.2) is 30.0 Å². The third kappa shape index (κ3) is 2.81. The first-order chi connectivity index (χ1) is 6.86. The summed E-state index contributed by atoms with van der Waals surface area (Å²) >= 11 is 0. The van der Waals surface area contributed by atoms with Gasteiger partial charge in [-0.15, -0.1) is 0 Å². The highest BCUT2D eigenvalue weighted by Gasteiger charge is 2.21. The Bertz CT molecular complexity index is 246. The second-order valence-electron chi connectivity index (χ2n) is 3.50. The third-order valence-electron chi connectivity index (χ3n) is 2.50. The van der Waals surface area contributed by atoms with Crippen molar-refractivity contribution in [2.75, 3.05) is 20.1 Å². The molecule has 1 fully saturated rings. The van der Waals surface area contributed by atoms with Gasteiger partial charge in [0.2, 0.25) is 0 Å². The van der Waals surface area contributed by atoms with Crippen molar-refractivity contribution in [1.82, 2.24) is 9.88 Å². The number of nitrogens with zero attached hydrogens (tertiary/aromatic N) is 2. The zero-order valence-electron chi connectivity index (χ0n) is 9.40. The van der Waals surface area contributed by atoms with E-state index in [0.29, 0.717) is 5.92 Å². The summed E-state index contributed by atoms with van der Waals surface area (Å²) in [4.78, 5) is 6.73. The van der Waals surface area contributed by atoms with E-state index < -0.39 is 0 Å². The van der Waals surface area contributed by atoms with Crippen molar-refractivity contribution in [3.8, 4) is 0 Å². The first-order valence-electron chi connectivity index (χ1n) is 5.46. The molecule has 0 spiro atoms. The Morgan fingerprint density at radius 1 is 1.36 bits per heavy atom. The van der Waals surface area contributed by atoms with Crippen LogP contribution in [0, 0.1) is 0 Å². The predicted octanol–water partition coefficient (Wildman–Crippen LogP) is 2.53. The minimum atomic E-state index is 0.663. The smallest absolute Gasteiger partial charge is 0.0447 e. The maximum Gasteiger partial charge on any atom is 0.0447 e. The van der Waals surface area contributed by atoms with Gasteiger partial charge in [0.05, 0.1) is 0 Å². The summed E-state index contributed by atoms with van der Waals surface area (Å²) in [7, 11) is 2.17. The van der Waals surface area contributed by atoms with Crippen molar-refractivity contribution in [2.24, 2.45) is 0 Å². The summed E-state index contributed by atoms with van der Waals surface area (Å²) in [5.74, 6) is 0.663. The maximum absolute atomic E-state index is 4.37. The molecule has 0 radical (unpaired) electrons. The summed E-state index contributed by atoms with van der Waals surface area (Å²) in [6.07, 6.45) is 3.14. The number of likely N-dealkylation sites (N-methyl/N-ethyl adjacent to an activating group) is 1. The Labute approximate surface area is 87.0 Å². The van der Waals surface area contributed by atoms with Gasteiger partial charge in [-0.2, -0.15) is 0 Å². The monoisotopic (exact) mass is 192 g/mol. The van der Waals surface area contributed by atoms with E-state index in [1.54, 1.807) is 0 Å². The number of pyridine rings is 1. The number of hydrogen-bond donors (Lipinski definition) is 0. The van der Waals surface area contributed by atoms with E-state index in [4.69, 9.17) is 0 Å². The average Bonchev–Trinajstić information content (AvgIpc) is 2.69. The molecule has 1 aromatic rings. The lowest BCUT2D eigenvalue weighted by Crippen LogP contribution is -2.13. The number of likely N-dealkylation sites (tertiary alicyclic amines) is 1. The lowest BCUT2D eigenvalue weighted by Gasteiger charge is -2.08. The van der Waals surface area contributed by atoms with E-state index >= 15 is 0 Å². The van der Waals surface area contributed by atoms with Gasteiger partial charge in [0.25, 0.3) is 0 Å². The van der Waals surface area contributed by atoms with Gasteiger partial charge in [-0.1, -0.05) is 19.9 Å². The highest BCUT2D eigenvalue weighted by atomic mass is 15.1. The number of hydrogen-bond acceptors (Lipinski definition) is 2. The molecule has 0 bridgehead atoms. The molecule has 1 aromatic heterocycles. The lowest BCUT2D eigenvalue weighted by molar-refractivity contribution is 0.410. The van der Waals surface area contributed by atoms with E-state index in [0.717, 1.165) is 6.54 Å². The fourth-order valence-corrected chi connectivity index (χ4v) is 1.79. The predicted molar refractivity (Wildman–Crippen MR) is 60.4 cm³/mol. The second kappa shape index (κ2) is 5.76. The summed E-state index contributed by atoms with van der Waals surface area (Å²) in [5.41, 5.74) is 1.25. The minimum absolute atomic E-state index is 0.663. The van der Waals surface area contributed by atoms with Crippen LogP contribution in [0.3, 0.4) is 0 Å². The average molecular weight is 192 g/mol. The van der Waals surface area contributed by atoms with E-state index in [1.165, 1.54) is 18.7 Å². The molecule has 1 saturated heterocycles. The Morgan fingerprint density at radius 2 is 2.14 bits per heavy atom. The molecule has 0 amide bonds. The molecule has 0 aromatic carbocycles. The molecule has 1 aliphatic heterocycles. The topological polar surface area (TPSA) is 16.1 Å². The van der Waals surface area contributed by atoms with Crippen LogP contribution >= 0.6 is 0 Å². The quantitative estimate of drug-likeness (QED) is 0.679. The fourth-order valence-electron chi connectivity index (χ4n) is 1.79. The van der Waals surface area contributed by atoms with Gasteiger partial charge in [-0.3, -0.25) is 4.98 Å². The van der Waals surface area contributed by atoms with Crippen molar-refractivity contribution in [1.29, 1.82) is 0 Å². The van der Waals surface area contributed by atoms with Gasteiger partial charge < -0.3 is 4.90 Å². The Hall–Kier alpha value is -0.890. The second-order valence-corrected chi connectivity index (χ2v) is 3.50. The van der Waals surface area contributed by atoms with E-state index in [9.17, 15) is 0 Å². The van der Waals surface area contributed by atoms with Crippen LogP contribution in [-0.2, 0) is 0 Å². The van der Waals surface area contributed by atoms with E-state index in [1.807, 2.05) is 26.1 Å². The molecule has 1 aliphatic rings. The zero-order valence-corrected chi connectivity index (χ0v) is 9.40. The fraction of sp³-hybridized carbons (Fsp3) is 0.583. The number of rotatable bonds is 1. The Kier molecular flexibility index (Phi) is 4.60. The molecule has 78 valence electrons. The highest BCUT2D eigenvalue weighted by molar-refractivity contribution is 5.11. The molecule has 1 unspecified atom stereocenters. The minimum Gasteiger partial charge on any atom is -0.306 e. The molecule has 2 nitrogen and oxygen atoms in total. The van der Waals surface area contributed by atoms with E-state index in [2.05, 4.69) is 29.1 Å². The molecule has 1 atom stereocenters. The summed E-state index contributed by atoms with van der Waals surface area (Å²) < 4.78 is 0. The first kappa shape index (κ1) is 11.2. The molecule has 0 aliphatic carbocycles. The molecule has 2 heteroatoms. The zero-order chi connectivity index (χ0) is 10.4. The van der Waals surface area contributed by atoms with Crippen LogP contribution < -0.4 is 0 Å². The third-order valence-corrected chi connectivity index (χ3v) is 2.50. The molecule has 0 N–H and O–H groups in total. The van der Waals surface area contributed by atoms with Crippen LogP contribution in [0.4, 0.5) is 0 Å². The Balaban J connectivity index is 0.000000461. The van der Waals surface area contributed by atoms with Gasteiger partial charge in [0.1, 0.15) is 0 Å². The number of aromatic nitrogens is 1. The van der Waals surface area contributed by atoms with Crippen molar-refractivity contribution < 1.29 is 0 Å². The highest BCUT2D eigenvalue weighted by Crippen LogP contribution is 2.23. The SMILES string of the molecule is CC.CN1CCC(c2ccccn2)C1. The van der Waals surface area contributed by atoms with E-state index in [-0.39, 0.29) is 0 Å². The van der Waals surface area contributed by atoms with Gasteiger partial charge in [-0.05, 0) is 32.1 Å². The molecule has 0 saturated carbocycles. The van der Waals surface area contributed by atoms with Gasteiger partial charge in [-0.25, -0.2) is 0 Å². The largest absolute Gasteiger partial charge is 0.306 e. The van der Waals surface area contributed by atoms with Crippen LogP contribution in [0.5, 0.6) is 0 Å². The van der Waals surface area contributed by atoms with Crippen molar-refractivity contribution in [2.45, 2.75) is 26.2 Å². The van der Waals surface area contributed by atoms with Crippen LogP contribution in [0.2, 0.25) is 0 Å². The summed E-state index contributed by atoms with van der Waals surface area (Å²) in [5, 5.41) is 0. The van der Waals surface area contributed by atoms with Crippen molar-refractivity contribution in [3.05, 3.63) is 30.1 Å². The van der Waals surface area contributed by atoms with Crippen molar-refractivity contribution >= 4 is 0 Å². The molecular formula is C12H20N2. The normalized spacial score (nSPS) is 21.5. The van der Waals surface area contributed by atoms with Crippen LogP contribution in [0.1, 0.15) is 31.9 Å². The summed E-state index contributed by atoms with van der Waals surface area (Å²) in [6, 6.07) is 6.17. The standard InChI is InChI=1S/C10H14N2.C2H6/c1-12-7-5-9(8-12)10-4-2-3-6-11-10;1-2/h2-4,6,9H,5,7-8H2,1H3;1-2H3. The lowest BCUT2D eigenvalue weighted by atomic mass is 10.0. The van der Waals surface area contributed by atoms with Gasteiger partial charge in [0.15, 0.2) is 0 Å². The molecule has 14 heavy (non-hydrogen) atoms. The first-order valence-corrected chi connectivity index (χ1v) is 5.46. The van der Waals surface area contributed by atoms with Gasteiger partial charge in [0, 0.05) is 24.4 Å². The van der Waals surface area contributed by atoms with Crippen molar-refractivity contribution in [3.63, 3.8) is 0 Å². The molecule has 2 rings (SSSR count). The van der Waals surface area contributed by atoms with Crippen LogP contribution in [0.15, 0.2) is 24.4 Å². The molecular weight excluding hydrogens is 172 g/mol. The Morgan fingerprint density at radius 3 is 2.64 bits per heavy atom. The summed E-state index contributed by atoms with van der Waals surface area (Å²) in [6.45, 7) is 6.37.